The Kier molecular flexibility index (Phi) is 9.95. The molecule has 0 aliphatic carbocycles. The van der Waals surface area contributed by atoms with Crippen LogP contribution in [0, 0.1) is 5.41 Å². The van der Waals surface area contributed by atoms with Crippen LogP contribution in [0.4, 0.5) is 16.2 Å². The van der Waals surface area contributed by atoms with Gasteiger partial charge < -0.3 is 29.7 Å². The number of nitrogen functional groups attached to an aromatic ring is 1. The molecule has 4 aromatic rings. The molecule has 2 aromatic carbocycles. The van der Waals surface area contributed by atoms with Gasteiger partial charge in [-0.1, -0.05) is 57.2 Å². The maximum atomic E-state index is 16.2. The van der Waals surface area contributed by atoms with Crippen LogP contribution >= 0.6 is 19.3 Å². The van der Waals surface area contributed by atoms with E-state index in [1.54, 1.807) is 43.3 Å². The van der Waals surface area contributed by atoms with E-state index < -0.39 is 56.3 Å². The second kappa shape index (κ2) is 13.4. The maximum Gasteiger partial charge on any atom is 0.459 e. The van der Waals surface area contributed by atoms with E-state index in [2.05, 4.69) is 20.0 Å². The summed E-state index contributed by atoms with van der Waals surface area (Å²) in [5.74, 6) is -3.91. The van der Waals surface area contributed by atoms with Gasteiger partial charge in [0.05, 0.1) is 31.8 Å². The summed E-state index contributed by atoms with van der Waals surface area (Å²) in [6, 6.07) is 11.1. The van der Waals surface area contributed by atoms with Gasteiger partial charge in [0, 0.05) is 19.5 Å². The molecule has 0 radical (unpaired) electrons. The summed E-state index contributed by atoms with van der Waals surface area (Å²) >= 11 is 6.29. The minimum absolute atomic E-state index is 0.0545. The topological polar surface area (TPSA) is 176 Å². The van der Waals surface area contributed by atoms with Gasteiger partial charge in [0.15, 0.2) is 22.6 Å². The first-order chi connectivity index (χ1) is 22.5. The predicted molar refractivity (Wildman–Crippen MR) is 179 cm³/mol. The zero-order valence-electron chi connectivity index (χ0n) is 27.5. The van der Waals surface area contributed by atoms with Gasteiger partial charge in [0.2, 0.25) is 11.8 Å². The molecule has 0 bridgehead atoms. The third-order valence-electron chi connectivity index (χ3n) is 7.66. The van der Waals surface area contributed by atoms with Crippen LogP contribution in [0.5, 0.6) is 5.75 Å². The van der Waals surface area contributed by atoms with Crippen LogP contribution < -0.4 is 20.2 Å². The summed E-state index contributed by atoms with van der Waals surface area (Å²) in [6.45, 7) is 6.35. The van der Waals surface area contributed by atoms with Crippen molar-refractivity contribution in [1.29, 1.82) is 0 Å². The van der Waals surface area contributed by atoms with Gasteiger partial charge in [-0.05, 0) is 23.8 Å². The number of ether oxygens (including phenoxy) is 2. The molecule has 0 spiro atoms. The highest BCUT2D eigenvalue weighted by Gasteiger charge is 2.62. The molecule has 1 aliphatic rings. The summed E-state index contributed by atoms with van der Waals surface area (Å²) in [5.41, 5.74) is 3.95. The number of hydrogen-bond donors (Lipinski definition) is 3. The van der Waals surface area contributed by atoms with Gasteiger partial charge in [-0.2, -0.15) is 15.1 Å². The van der Waals surface area contributed by atoms with E-state index in [1.807, 2.05) is 39.0 Å². The zero-order valence-corrected chi connectivity index (χ0v) is 29.2. The van der Waals surface area contributed by atoms with Crippen LogP contribution in [0.25, 0.3) is 21.9 Å². The molecule has 5 atom stereocenters. The highest BCUT2D eigenvalue weighted by atomic mass is 35.5. The molecule has 1 saturated heterocycles. The van der Waals surface area contributed by atoms with Gasteiger partial charge in [0.1, 0.15) is 18.0 Å². The molecule has 48 heavy (non-hydrogen) atoms. The number of esters is 1. The number of nitrogens with zero attached hydrogens (tertiary/aromatic N) is 5. The molecule has 1 aliphatic heterocycles. The van der Waals surface area contributed by atoms with Crippen molar-refractivity contribution in [2.24, 2.45) is 5.41 Å². The first kappa shape index (κ1) is 35.7. The Bertz CT molecular complexity index is 1850. The Labute approximate surface area is 282 Å². The number of hydrogen-bond acceptors (Lipinski definition) is 12. The van der Waals surface area contributed by atoms with E-state index in [1.165, 1.54) is 17.8 Å². The first-order valence-corrected chi connectivity index (χ1v) is 17.2. The molecule has 4 N–H and O–H groups in total. The number of fused-ring (bicyclic) bond motifs is 2. The van der Waals surface area contributed by atoms with Crippen LogP contribution in [-0.2, 0) is 23.4 Å². The number of anilines is 2. The largest absolute Gasteiger partial charge is 0.464 e. The fourth-order valence-corrected chi connectivity index (χ4v) is 7.01. The number of aliphatic hydroxyl groups is 1. The van der Waals surface area contributed by atoms with Gasteiger partial charge in [-0.15, -0.1) is 11.6 Å². The predicted octanol–water partition coefficient (Wildman–Crippen LogP) is 4.95. The molecule has 3 heterocycles. The van der Waals surface area contributed by atoms with Gasteiger partial charge in [0.25, 0.3) is 0 Å². The van der Waals surface area contributed by atoms with Crippen molar-refractivity contribution in [3.63, 3.8) is 0 Å². The van der Waals surface area contributed by atoms with Gasteiger partial charge >= 0.3 is 13.7 Å². The van der Waals surface area contributed by atoms with E-state index in [0.29, 0.717) is 16.7 Å². The van der Waals surface area contributed by atoms with Crippen LogP contribution in [0.2, 0.25) is 0 Å². The van der Waals surface area contributed by atoms with Crippen molar-refractivity contribution >= 4 is 59.0 Å². The van der Waals surface area contributed by atoms with Crippen molar-refractivity contribution in [3.8, 4) is 5.75 Å². The lowest BCUT2D eigenvalue weighted by molar-refractivity contribution is -0.203. The number of carbonyl (C=O) groups excluding carboxylic acids is 1. The van der Waals surface area contributed by atoms with E-state index in [9.17, 15) is 14.5 Å². The van der Waals surface area contributed by atoms with Gasteiger partial charge in [-0.3, -0.25) is 13.9 Å². The van der Waals surface area contributed by atoms with Crippen molar-refractivity contribution < 1.29 is 37.4 Å². The van der Waals surface area contributed by atoms with Crippen LogP contribution in [0.15, 0.2) is 48.8 Å². The number of nitrogens with one attached hydrogen (secondary N) is 1. The number of aromatic nitrogens is 4. The SMILES string of the molecule is C[C@@H](N[P@](=O)(OC[C@@]1(CCl)O[C@@H](n2cnc3c(N(C)C)nc(N)nc32)C[C@@]1(O)F)Oc1cccc2ccccc12)C(=O)OCC(C)(C)C. The number of alkyl halides is 2. The normalized spacial score (nSPS) is 23.2. The Morgan fingerprint density at radius 1 is 1.27 bits per heavy atom. The summed E-state index contributed by atoms with van der Waals surface area (Å²) in [6.07, 6.45) is -0.444. The molecule has 17 heteroatoms. The second-order valence-corrected chi connectivity index (χ2v) is 15.1. The van der Waals surface area contributed by atoms with E-state index >= 15 is 4.39 Å². The summed E-state index contributed by atoms with van der Waals surface area (Å²) < 4.78 is 55.3. The third-order valence-corrected chi connectivity index (χ3v) is 9.70. The first-order valence-electron chi connectivity index (χ1n) is 15.2. The fraction of sp³-hybridized carbons (Fsp3) is 0.484. The average Bonchev–Trinajstić information content (AvgIpc) is 3.55. The Hall–Kier alpha value is -3.59. The molecule has 2 aromatic heterocycles. The highest BCUT2D eigenvalue weighted by molar-refractivity contribution is 7.52. The molecule has 14 nitrogen and oxygen atoms in total. The molecule has 0 unspecified atom stereocenters. The van der Waals surface area contributed by atoms with Crippen LogP contribution in [0.3, 0.4) is 0 Å². The lowest BCUT2D eigenvalue weighted by atomic mass is 9.97. The number of benzene rings is 2. The average molecular weight is 708 g/mol. The molecule has 5 rings (SSSR count). The third kappa shape index (κ3) is 7.36. The number of imidazole rings is 1. The molecule has 1 fully saturated rings. The van der Waals surface area contributed by atoms with E-state index in [-0.39, 0.29) is 29.4 Å². The number of carbonyl (C=O) groups is 1. The smallest absolute Gasteiger partial charge is 0.459 e. The van der Waals surface area contributed by atoms with Crippen LogP contribution in [0.1, 0.15) is 40.3 Å². The molecule has 0 amide bonds. The Morgan fingerprint density at radius 3 is 2.67 bits per heavy atom. The second-order valence-electron chi connectivity index (χ2n) is 13.1. The quantitative estimate of drug-likeness (QED) is 0.102. The lowest BCUT2D eigenvalue weighted by Crippen LogP contribution is -2.53. The minimum atomic E-state index is -4.56. The van der Waals surface area contributed by atoms with E-state index in [0.717, 1.165) is 5.39 Å². The maximum absolute atomic E-state index is 16.2. The summed E-state index contributed by atoms with van der Waals surface area (Å²) in [5, 5.41) is 15.1. The highest BCUT2D eigenvalue weighted by Crippen LogP contribution is 2.52. The van der Waals surface area contributed by atoms with E-state index in [4.69, 9.17) is 35.9 Å². The monoisotopic (exact) mass is 707 g/mol. The molecular formula is C31H40ClFN7O7P. The summed E-state index contributed by atoms with van der Waals surface area (Å²) in [7, 11) is -1.06. The molecule has 260 valence electrons. The summed E-state index contributed by atoms with van der Waals surface area (Å²) in [4.78, 5) is 27.4. The molecule has 0 saturated carbocycles. The number of rotatable bonds is 12. The fourth-order valence-electron chi connectivity index (χ4n) is 5.11. The van der Waals surface area contributed by atoms with Crippen LogP contribution in [-0.4, -0.2) is 81.3 Å². The standard InChI is InChI=1S/C31H40ClFN7O7P/c1-19(27(41)44-16-29(2,3)4)38-48(43,47-22-13-9-11-20-10-7-8-12-21(20)22)45-17-30(15-32)31(33,42)14-23(46-30)40-18-35-24-25(39(5)6)36-28(34)37-26(24)40/h7-13,18-19,23,42H,14-17H2,1-6H3,(H,38,43)(H2,34,36,37)/t19-,23-,30-,31+,48+/m1/s1. The Balaban J connectivity index is 1.45. The Morgan fingerprint density at radius 2 is 1.98 bits per heavy atom. The van der Waals surface area contributed by atoms with Crippen molar-refractivity contribution in [3.05, 3.63) is 48.8 Å². The van der Waals surface area contributed by atoms with Gasteiger partial charge in [-0.25, -0.2) is 13.9 Å². The van der Waals surface area contributed by atoms with Crippen molar-refractivity contribution in [2.75, 3.05) is 43.8 Å². The zero-order chi connectivity index (χ0) is 35.1. The number of nitrogens with two attached hydrogens (primary N) is 1. The van der Waals surface area contributed by atoms with Crippen molar-refractivity contribution in [1.82, 2.24) is 24.6 Å². The number of halogens is 2. The van der Waals surface area contributed by atoms with Crippen molar-refractivity contribution in [2.45, 2.75) is 57.8 Å². The lowest BCUT2D eigenvalue weighted by Gasteiger charge is -2.34. The minimum Gasteiger partial charge on any atom is -0.464 e. The molecular weight excluding hydrogens is 668 g/mol.